The molecular formula is C26H26Cl2N4O2. The molecule has 2 atom stereocenters. The van der Waals surface area contributed by atoms with Crippen molar-refractivity contribution >= 4 is 34.9 Å². The fraction of sp³-hybridized carbons (Fsp3) is 0.346. The van der Waals surface area contributed by atoms with Gasteiger partial charge in [0.2, 0.25) is 0 Å². The van der Waals surface area contributed by atoms with Crippen molar-refractivity contribution in [2.45, 2.75) is 39.0 Å². The molecule has 0 spiro atoms. The summed E-state index contributed by atoms with van der Waals surface area (Å²) in [4.78, 5) is 27.4. The van der Waals surface area contributed by atoms with Crippen molar-refractivity contribution in [1.82, 2.24) is 14.9 Å². The van der Waals surface area contributed by atoms with E-state index < -0.39 is 0 Å². The number of nitrogens with zero attached hydrogens (tertiary/aromatic N) is 4. The molecule has 0 radical (unpaired) electrons. The number of carbonyl (C=O) groups excluding carboxylic acids is 1. The molecule has 5 rings (SSSR count). The summed E-state index contributed by atoms with van der Waals surface area (Å²) in [5.41, 5.74) is 3.50. The first-order valence-electron chi connectivity index (χ1n) is 11.5. The Morgan fingerprint density at radius 3 is 2.44 bits per heavy atom. The van der Waals surface area contributed by atoms with Gasteiger partial charge in [0.15, 0.2) is 5.82 Å². The number of fused-ring (bicyclic) bond motifs is 1. The molecule has 8 heteroatoms. The van der Waals surface area contributed by atoms with Gasteiger partial charge in [-0.1, -0.05) is 53.5 Å². The van der Waals surface area contributed by atoms with Gasteiger partial charge < -0.3 is 14.5 Å². The summed E-state index contributed by atoms with van der Waals surface area (Å²) in [6.45, 7) is 6.65. The Labute approximate surface area is 209 Å². The summed E-state index contributed by atoms with van der Waals surface area (Å²) >= 11 is 12.2. The van der Waals surface area contributed by atoms with Crippen LogP contribution >= 0.6 is 23.2 Å². The number of hydrogen-bond donors (Lipinski definition) is 0. The van der Waals surface area contributed by atoms with Gasteiger partial charge in [0.05, 0.1) is 34.5 Å². The molecule has 1 fully saturated rings. The molecule has 176 valence electrons. The summed E-state index contributed by atoms with van der Waals surface area (Å²) in [6.07, 6.45) is 0.840. The number of morpholine rings is 1. The first-order chi connectivity index (χ1) is 16.4. The van der Waals surface area contributed by atoms with Crippen molar-refractivity contribution < 1.29 is 9.53 Å². The highest BCUT2D eigenvalue weighted by Gasteiger charge is 2.31. The van der Waals surface area contributed by atoms with Crippen molar-refractivity contribution in [3.63, 3.8) is 0 Å². The molecule has 1 saturated heterocycles. The minimum absolute atomic E-state index is 0.0778. The molecule has 34 heavy (non-hydrogen) atoms. The van der Waals surface area contributed by atoms with Crippen LogP contribution in [0.15, 0.2) is 48.5 Å². The summed E-state index contributed by atoms with van der Waals surface area (Å²) in [6, 6.07) is 15.0. The van der Waals surface area contributed by atoms with Crippen LogP contribution in [0.25, 0.3) is 11.4 Å². The molecule has 0 saturated carbocycles. The molecule has 2 aliphatic rings. The fourth-order valence-electron chi connectivity index (χ4n) is 4.71. The first kappa shape index (κ1) is 23.1. The number of hydrogen-bond acceptors (Lipinski definition) is 5. The average Bonchev–Trinajstić information content (AvgIpc) is 2.84. The quantitative estimate of drug-likeness (QED) is 0.494. The van der Waals surface area contributed by atoms with Crippen LogP contribution in [-0.4, -0.2) is 52.6 Å². The summed E-state index contributed by atoms with van der Waals surface area (Å²) in [5.74, 6) is 1.52. The Morgan fingerprint density at radius 2 is 1.74 bits per heavy atom. The van der Waals surface area contributed by atoms with Crippen LogP contribution in [0.2, 0.25) is 10.0 Å². The van der Waals surface area contributed by atoms with E-state index in [1.807, 2.05) is 35.2 Å². The maximum atomic E-state index is 13.3. The molecular weight excluding hydrogens is 471 g/mol. The largest absolute Gasteiger partial charge is 0.372 e. The van der Waals surface area contributed by atoms with Crippen LogP contribution in [0.1, 0.15) is 35.5 Å². The monoisotopic (exact) mass is 496 g/mol. The predicted molar refractivity (Wildman–Crippen MR) is 135 cm³/mol. The van der Waals surface area contributed by atoms with E-state index in [1.165, 1.54) is 0 Å². The zero-order valence-electron chi connectivity index (χ0n) is 19.2. The summed E-state index contributed by atoms with van der Waals surface area (Å²) in [7, 11) is 0. The van der Waals surface area contributed by atoms with E-state index in [2.05, 4.69) is 18.7 Å². The first-order valence-corrected chi connectivity index (χ1v) is 12.2. The van der Waals surface area contributed by atoms with Crippen molar-refractivity contribution in [3.8, 4) is 11.4 Å². The Hall–Kier alpha value is -2.67. The smallest absolute Gasteiger partial charge is 0.254 e. The highest BCUT2D eigenvalue weighted by Crippen LogP contribution is 2.32. The lowest BCUT2D eigenvalue weighted by Crippen LogP contribution is -2.47. The number of benzene rings is 2. The minimum atomic E-state index is -0.0778. The van der Waals surface area contributed by atoms with Crippen molar-refractivity contribution in [1.29, 1.82) is 0 Å². The molecule has 1 aromatic heterocycles. The highest BCUT2D eigenvalue weighted by molar-refractivity contribution is 6.42. The van der Waals surface area contributed by atoms with E-state index in [4.69, 9.17) is 37.9 Å². The average molecular weight is 497 g/mol. The van der Waals surface area contributed by atoms with E-state index >= 15 is 0 Å². The molecule has 3 heterocycles. The number of halogens is 2. The molecule has 1 amide bonds. The van der Waals surface area contributed by atoms with E-state index in [9.17, 15) is 4.79 Å². The van der Waals surface area contributed by atoms with Crippen molar-refractivity contribution in [3.05, 3.63) is 75.4 Å². The third-order valence-corrected chi connectivity index (χ3v) is 6.98. The van der Waals surface area contributed by atoms with Crippen molar-refractivity contribution in [2.24, 2.45) is 0 Å². The standard InChI is InChI=1S/C26H26Cl2N4O2/c1-16-13-32(14-17(2)34-16)25-20-15-31(26(33)19-8-9-21(27)22(28)12-19)11-10-23(20)29-24(30-25)18-6-4-3-5-7-18/h3-9,12,16-17H,10-11,13-15H2,1-2H3. The van der Waals surface area contributed by atoms with Gasteiger partial charge in [-0.2, -0.15) is 0 Å². The van der Waals surface area contributed by atoms with E-state index in [1.54, 1.807) is 18.2 Å². The molecule has 2 aliphatic heterocycles. The SMILES string of the molecule is CC1CN(c2nc(-c3ccccc3)nc3c2CN(C(=O)c2ccc(Cl)c(Cl)c2)CC3)CC(C)O1. The Morgan fingerprint density at radius 1 is 1.00 bits per heavy atom. The molecule has 0 bridgehead atoms. The van der Waals surface area contributed by atoms with Gasteiger partial charge in [0.1, 0.15) is 5.82 Å². The summed E-state index contributed by atoms with van der Waals surface area (Å²) in [5, 5.41) is 0.805. The molecule has 0 aliphatic carbocycles. The number of carbonyl (C=O) groups is 1. The van der Waals surface area contributed by atoms with Gasteiger partial charge in [-0.25, -0.2) is 9.97 Å². The predicted octanol–water partition coefficient (Wildman–Crippen LogP) is 5.26. The maximum absolute atomic E-state index is 13.3. The van der Waals surface area contributed by atoms with Crippen LogP contribution in [0.5, 0.6) is 0 Å². The maximum Gasteiger partial charge on any atom is 0.254 e. The normalized spacial score (nSPS) is 20.2. The van der Waals surface area contributed by atoms with Gasteiger partial charge >= 0.3 is 0 Å². The third kappa shape index (κ3) is 4.63. The second-order valence-corrected chi connectivity index (χ2v) is 9.74. The van der Waals surface area contributed by atoms with Crippen LogP contribution < -0.4 is 4.90 Å². The number of aromatic nitrogens is 2. The zero-order valence-corrected chi connectivity index (χ0v) is 20.7. The fourth-order valence-corrected chi connectivity index (χ4v) is 5.01. The number of ether oxygens (including phenoxy) is 1. The van der Waals surface area contributed by atoms with Crippen LogP contribution in [-0.2, 0) is 17.7 Å². The topological polar surface area (TPSA) is 58.6 Å². The molecule has 0 N–H and O–H groups in total. The number of anilines is 1. The second-order valence-electron chi connectivity index (χ2n) is 8.93. The molecule has 2 aromatic carbocycles. The molecule has 3 aromatic rings. The highest BCUT2D eigenvalue weighted by atomic mass is 35.5. The number of amides is 1. The van der Waals surface area contributed by atoms with Crippen LogP contribution in [0.3, 0.4) is 0 Å². The zero-order chi connectivity index (χ0) is 23.8. The lowest BCUT2D eigenvalue weighted by molar-refractivity contribution is -0.00558. The van der Waals surface area contributed by atoms with Gasteiger partial charge in [-0.05, 0) is 32.0 Å². The van der Waals surface area contributed by atoms with Gasteiger partial charge in [-0.15, -0.1) is 0 Å². The van der Waals surface area contributed by atoms with Gasteiger partial charge in [0.25, 0.3) is 5.91 Å². The Bertz CT molecular complexity index is 1210. The summed E-state index contributed by atoms with van der Waals surface area (Å²) < 4.78 is 5.96. The molecule has 6 nitrogen and oxygen atoms in total. The lowest BCUT2D eigenvalue weighted by Gasteiger charge is -2.39. The van der Waals surface area contributed by atoms with E-state index in [-0.39, 0.29) is 18.1 Å². The van der Waals surface area contributed by atoms with E-state index in [0.29, 0.717) is 40.9 Å². The molecule has 2 unspecified atom stereocenters. The van der Waals surface area contributed by atoms with Gasteiger partial charge in [0, 0.05) is 42.7 Å². The third-order valence-electron chi connectivity index (χ3n) is 6.24. The van der Waals surface area contributed by atoms with E-state index in [0.717, 1.165) is 35.7 Å². The Kier molecular flexibility index (Phi) is 6.47. The van der Waals surface area contributed by atoms with Crippen molar-refractivity contribution in [2.75, 3.05) is 24.5 Å². The minimum Gasteiger partial charge on any atom is -0.372 e. The van der Waals surface area contributed by atoms with Crippen LogP contribution in [0.4, 0.5) is 5.82 Å². The lowest BCUT2D eigenvalue weighted by atomic mass is 10.0. The van der Waals surface area contributed by atoms with Gasteiger partial charge in [-0.3, -0.25) is 4.79 Å². The van der Waals surface area contributed by atoms with Crippen LogP contribution in [0, 0.1) is 0 Å². The Balaban J connectivity index is 1.53. The second kappa shape index (κ2) is 9.53. The number of rotatable bonds is 3.